The van der Waals surface area contributed by atoms with Crippen molar-refractivity contribution in [3.63, 3.8) is 0 Å². The first-order valence-corrected chi connectivity index (χ1v) is 6.14. The van der Waals surface area contributed by atoms with E-state index < -0.39 is 0 Å². The molecule has 0 aliphatic carbocycles. The average Bonchev–Trinajstić information content (AvgIpc) is 2.38. The number of phenolic OH excluding ortho intramolecular Hbond substituents is 1. The summed E-state index contributed by atoms with van der Waals surface area (Å²) in [5.74, 6) is 0.336. The summed E-state index contributed by atoms with van der Waals surface area (Å²) in [5.41, 5.74) is 4.14. The minimum atomic E-state index is 0.336. The van der Waals surface area contributed by atoms with Crippen LogP contribution in [0.1, 0.15) is 23.6 Å². The van der Waals surface area contributed by atoms with Crippen molar-refractivity contribution in [2.45, 2.75) is 26.2 Å². The van der Waals surface area contributed by atoms with Gasteiger partial charge in [0, 0.05) is 0 Å². The number of benzene rings is 2. The molecule has 88 valence electrons. The second kappa shape index (κ2) is 5.53. The van der Waals surface area contributed by atoms with Crippen LogP contribution in [0.5, 0.6) is 5.75 Å². The molecule has 0 spiro atoms. The monoisotopic (exact) mass is 226 g/mol. The Morgan fingerprint density at radius 3 is 2.12 bits per heavy atom. The van der Waals surface area contributed by atoms with Gasteiger partial charge in [-0.3, -0.25) is 0 Å². The smallest absolute Gasteiger partial charge is 0.115 e. The predicted molar refractivity (Wildman–Crippen MR) is 71.3 cm³/mol. The van der Waals surface area contributed by atoms with Crippen LogP contribution in [0.15, 0.2) is 48.5 Å². The van der Waals surface area contributed by atoms with Crippen LogP contribution in [-0.4, -0.2) is 5.11 Å². The first kappa shape index (κ1) is 11.7. The molecule has 0 atom stereocenters. The molecular weight excluding hydrogens is 208 g/mol. The van der Waals surface area contributed by atoms with Gasteiger partial charge in [0.25, 0.3) is 0 Å². The van der Waals surface area contributed by atoms with Crippen molar-refractivity contribution in [2.24, 2.45) is 0 Å². The molecule has 1 heteroatoms. The third-order valence-electron chi connectivity index (χ3n) is 3.12. The van der Waals surface area contributed by atoms with Gasteiger partial charge in [0.2, 0.25) is 0 Å². The standard InChI is InChI=1S/C16H18O/c1-2-14-5-3-4-6-15(14)10-7-13-8-11-16(17)12-9-13/h3-6,8-9,11-12,17H,2,7,10H2,1H3. The molecule has 0 heterocycles. The molecule has 0 aromatic heterocycles. The Morgan fingerprint density at radius 1 is 0.824 bits per heavy atom. The highest BCUT2D eigenvalue weighted by molar-refractivity contribution is 5.30. The van der Waals surface area contributed by atoms with E-state index in [1.165, 1.54) is 16.7 Å². The predicted octanol–water partition coefficient (Wildman–Crippen LogP) is 3.74. The van der Waals surface area contributed by atoms with Crippen LogP contribution in [0.3, 0.4) is 0 Å². The molecule has 0 saturated heterocycles. The van der Waals surface area contributed by atoms with E-state index in [0.29, 0.717) is 5.75 Å². The Hall–Kier alpha value is -1.76. The molecular formula is C16H18O. The van der Waals surface area contributed by atoms with Crippen molar-refractivity contribution in [1.82, 2.24) is 0 Å². The summed E-state index contributed by atoms with van der Waals surface area (Å²) in [7, 11) is 0. The van der Waals surface area contributed by atoms with Crippen LogP contribution in [0.25, 0.3) is 0 Å². The van der Waals surface area contributed by atoms with E-state index in [1.54, 1.807) is 12.1 Å². The van der Waals surface area contributed by atoms with Gasteiger partial charge in [-0.1, -0.05) is 43.3 Å². The molecule has 1 nitrogen and oxygen atoms in total. The molecule has 2 rings (SSSR count). The maximum Gasteiger partial charge on any atom is 0.115 e. The van der Waals surface area contributed by atoms with Crippen molar-refractivity contribution in [1.29, 1.82) is 0 Å². The highest BCUT2D eigenvalue weighted by atomic mass is 16.3. The highest BCUT2D eigenvalue weighted by Crippen LogP contribution is 2.15. The number of aryl methyl sites for hydroxylation is 3. The molecule has 0 unspecified atom stereocenters. The molecule has 0 radical (unpaired) electrons. The van der Waals surface area contributed by atoms with E-state index >= 15 is 0 Å². The topological polar surface area (TPSA) is 20.2 Å². The van der Waals surface area contributed by atoms with Gasteiger partial charge in [0.1, 0.15) is 5.75 Å². The summed E-state index contributed by atoms with van der Waals surface area (Å²) in [6, 6.07) is 16.1. The van der Waals surface area contributed by atoms with Crippen LogP contribution in [0.4, 0.5) is 0 Å². The Bertz CT molecular complexity index is 471. The lowest BCUT2D eigenvalue weighted by molar-refractivity contribution is 0.475. The van der Waals surface area contributed by atoms with Crippen LogP contribution in [-0.2, 0) is 19.3 Å². The molecule has 0 aliphatic rings. The Labute approximate surface area is 103 Å². The molecule has 0 fully saturated rings. The average molecular weight is 226 g/mol. The Balaban J connectivity index is 2.04. The Kier molecular flexibility index (Phi) is 3.81. The van der Waals surface area contributed by atoms with E-state index in [2.05, 4.69) is 31.2 Å². The lowest BCUT2D eigenvalue weighted by Gasteiger charge is -2.07. The minimum Gasteiger partial charge on any atom is -0.508 e. The van der Waals surface area contributed by atoms with Crippen molar-refractivity contribution in [3.8, 4) is 5.75 Å². The van der Waals surface area contributed by atoms with Crippen molar-refractivity contribution in [3.05, 3.63) is 65.2 Å². The van der Waals surface area contributed by atoms with Gasteiger partial charge in [-0.25, -0.2) is 0 Å². The van der Waals surface area contributed by atoms with E-state index in [9.17, 15) is 5.11 Å². The summed E-state index contributed by atoms with van der Waals surface area (Å²) in [6.07, 6.45) is 3.18. The molecule has 2 aromatic rings. The zero-order chi connectivity index (χ0) is 12.1. The fourth-order valence-electron chi connectivity index (χ4n) is 2.09. The number of aromatic hydroxyl groups is 1. The molecule has 0 saturated carbocycles. The summed E-state index contributed by atoms with van der Waals surface area (Å²) in [4.78, 5) is 0. The van der Waals surface area contributed by atoms with Gasteiger partial charge in [0.15, 0.2) is 0 Å². The van der Waals surface area contributed by atoms with E-state index in [0.717, 1.165) is 19.3 Å². The van der Waals surface area contributed by atoms with Gasteiger partial charge in [-0.05, 0) is 48.1 Å². The summed E-state index contributed by atoms with van der Waals surface area (Å²) in [6.45, 7) is 2.19. The quantitative estimate of drug-likeness (QED) is 0.842. The molecule has 1 N–H and O–H groups in total. The number of hydrogen-bond acceptors (Lipinski definition) is 1. The van der Waals surface area contributed by atoms with Crippen molar-refractivity contribution >= 4 is 0 Å². The van der Waals surface area contributed by atoms with E-state index in [-0.39, 0.29) is 0 Å². The van der Waals surface area contributed by atoms with Gasteiger partial charge in [0.05, 0.1) is 0 Å². The van der Waals surface area contributed by atoms with Crippen molar-refractivity contribution in [2.75, 3.05) is 0 Å². The fourth-order valence-corrected chi connectivity index (χ4v) is 2.09. The third kappa shape index (κ3) is 3.10. The number of phenols is 1. The number of hydrogen-bond donors (Lipinski definition) is 1. The molecule has 17 heavy (non-hydrogen) atoms. The molecule has 2 aromatic carbocycles. The normalized spacial score (nSPS) is 10.4. The second-order valence-electron chi connectivity index (χ2n) is 4.29. The highest BCUT2D eigenvalue weighted by Gasteiger charge is 2.00. The maximum atomic E-state index is 9.22. The zero-order valence-electron chi connectivity index (χ0n) is 10.2. The summed E-state index contributed by atoms with van der Waals surface area (Å²) >= 11 is 0. The van der Waals surface area contributed by atoms with Gasteiger partial charge >= 0.3 is 0 Å². The Morgan fingerprint density at radius 2 is 1.47 bits per heavy atom. The minimum absolute atomic E-state index is 0.336. The van der Waals surface area contributed by atoms with E-state index in [1.807, 2.05) is 12.1 Å². The summed E-state index contributed by atoms with van der Waals surface area (Å²) < 4.78 is 0. The SMILES string of the molecule is CCc1ccccc1CCc1ccc(O)cc1. The number of rotatable bonds is 4. The largest absolute Gasteiger partial charge is 0.508 e. The second-order valence-corrected chi connectivity index (χ2v) is 4.29. The van der Waals surface area contributed by atoms with Crippen LogP contribution in [0.2, 0.25) is 0 Å². The van der Waals surface area contributed by atoms with Crippen molar-refractivity contribution < 1.29 is 5.11 Å². The van der Waals surface area contributed by atoms with Gasteiger partial charge in [-0.2, -0.15) is 0 Å². The van der Waals surface area contributed by atoms with Crippen LogP contribution < -0.4 is 0 Å². The third-order valence-corrected chi connectivity index (χ3v) is 3.12. The molecule has 0 bridgehead atoms. The molecule has 0 aliphatic heterocycles. The first-order chi connectivity index (χ1) is 8.29. The van der Waals surface area contributed by atoms with Crippen LogP contribution >= 0.6 is 0 Å². The fraction of sp³-hybridized carbons (Fsp3) is 0.250. The van der Waals surface area contributed by atoms with Crippen LogP contribution in [0, 0.1) is 0 Å². The van der Waals surface area contributed by atoms with E-state index in [4.69, 9.17) is 0 Å². The van der Waals surface area contributed by atoms with Gasteiger partial charge in [-0.15, -0.1) is 0 Å². The maximum absolute atomic E-state index is 9.22. The first-order valence-electron chi connectivity index (χ1n) is 6.14. The van der Waals surface area contributed by atoms with Gasteiger partial charge < -0.3 is 5.11 Å². The lowest BCUT2D eigenvalue weighted by atomic mass is 9.98. The summed E-state index contributed by atoms with van der Waals surface area (Å²) in [5, 5.41) is 9.22. The lowest BCUT2D eigenvalue weighted by Crippen LogP contribution is -1.95. The molecule has 0 amide bonds. The zero-order valence-corrected chi connectivity index (χ0v) is 10.2.